The van der Waals surface area contributed by atoms with Crippen molar-refractivity contribution in [2.24, 2.45) is 0 Å². The zero-order chi connectivity index (χ0) is 30.3. The molecule has 4 aromatic rings. The summed E-state index contributed by atoms with van der Waals surface area (Å²) in [6.07, 6.45) is -4.12. The summed E-state index contributed by atoms with van der Waals surface area (Å²) in [6.45, 7) is 2.26. The second-order valence-corrected chi connectivity index (χ2v) is 10.4. The first-order valence-electron chi connectivity index (χ1n) is 13.0. The minimum absolute atomic E-state index is 0.0575. The van der Waals surface area contributed by atoms with Crippen LogP contribution in [0.5, 0.6) is 11.5 Å². The fraction of sp³-hybridized carbons (Fsp3) is 0.300. The van der Waals surface area contributed by atoms with Gasteiger partial charge in [-0.25, -0.2) is 9.97 Å². The van der Waals surface area contributed by atoms with Crippen LogP contribution in [-0.4, -0.2) is 43.7 Å². The van der Waals surface area contributed by atoms with Gasteiger partial charge in [0.1, 0.15) is 11.6 Å². The van der Waals surface area contributed by atoms with E-state index in [9.17, 15) is 18.0 Å². The molecule has 1 N–H and O–H groups in total. The van der Waals surface area contributed by atoms with Gasteiger partial charge in [0.05, 0.1) is 26.0 Å². The lowest BCUT2D eigenvalue weighted by Gasteiger charge is -2.20. The van der Waals surface area contributed by atoms with Crippen molar-refractivity contribution in [2.75, 3.05) is 32.7 Å². The highest BCUT2D eigenvalue weighted by Crippen LogP contribution is 2.33. The van der Waals surface area contributed by atoms with E-state index in [1.807, 2.05) is 49.4 Å². The van der Waals surface area contributed by atoms with Crippen LogP contribution in [0, 0.1) is 0 Å². The molecule has 0 aliphatic heterocycles. The average Bonchev–Trinajstić information content (AvgIpc) is 3.48. The zero-order valence-electron chi connectivity index (χ0n) is 23.6. The minimum Gasteiger partial charge on any atom is -0.493 e. The Kier molecular flexibility index (Phi) is 10.00. The maximum Gasteiger partial charge on any atom is 0.433 e. The van der Waals surface area contributed by atoms with E-state index in [4.69, 9.17) is 13.9 Å². The number of amides is 1. The number of furan rings is 1. The predicted molar refractivity (Wildman–Crippen MR) is 154 cm³/mol. The van der Waals surface area contributed by atoms with Gasteiger partial charge in [0.25, 0.3) is 5.91 Å². The van der Waals surface area contributed by atoms with E-state index in [1.54, 1.807) is 31.2 Å². The van der Waals surface area contributed by atoms with Gasteiger partial charge in [-0.3, -0.25) is 4.79 Å². The van der Waals surface area contributed by atoms with Crippen LogP contribution in [0.25, 0.3) is 0 Å². The normalized spacial score (nSPS) is 12.1. The molecule has 0 aliphatic carbocycles. The van der Waals surface area contributed by atoms with Gasteiger partial charge in [0, 0.05) is 19.7 Å². The second-order valence-electron chi connectivity index (χ2n) is 9.41. The third kappa shape index (κ3) is 7.96. The summed E-state index contributed by atoms with van der Waals surface area (Å²) in [6, 6.07) is 18.8. The molecule has 42 heavy (non-hydrogen) atoms. The Labute approximate surface area is 246 Å². The fourth-order valence-corrected chi connectivity index (χ4v) is 4.82. The van der Waals surface area contributed by atoms with E-state index in [0.29, 0.717) is 30.2 Å². The number of halogens is 3. The molecule has 0 aliphatic rings. The monoisotopic (exact) mass is 600 g/mol. The van der Waals surface area contributed by atoms with Crippen molar-refractivity contribution < 1.29 is 31.9 Å². The molecule has 0 unspecified atom stereocenters. The highest BCUT2D eigenvalue weighted by atomic mass is 32.2. The van der Waals surface area contributed by atoms with Gasteiger partial charge in [0.2, 0.25) is 0 Å². The maximum atomic E-state index is 13.7. The van der Waals surface area contributed by atoms with Crippen molar-refractivity contribution in [1.82, 2.24) is 15.3 Å². The first-order valence-corrected chi connectivity index (χ1v) is 14.0. The average molecular weight is 601 g/mol. The summed E-state index contributed by atoms with van der Waals surface area (Å²) < 4.78 is 57.3. The third-order valence-electron chi connectivity index (χ3n) is 6.43. The Morgan fingerprint density at radius 3 is 2.45 bits per heavy atom. The number of thioether (sulfide) groups is 1. The van der Waals surface area contributed by atoms with E-state index >= 15 is 0 Å². The lowest BCUT2D eigenvalue weighted by molar-refractivity contribution is -0.141. The van der Waals surface area contributed by atoms with Crippen LogP contribution in [-0.2, 0) is 18.3 Å². The van der Waals surface area contributed by atoms with E-state index in [-0.39, 0.29) is 28.5 Å². The van der Waals surface area contributed by atoms with Gasteiger partial charge in [-0.15, -0.1) is 0 Å². The Bertz CT molecular complexity index is 1500. The largest absolute Gasteiger partial charge is 0.493 e. The summed E-state index contributed by atoms with van der Waals surface area (Å²) in [5.74, 6) is 1.55. The molecule has 0 radical (unpaired) electrons. The van der Waals surface area contributed by atoms with E-state index in [2.05, 4.69) is 15.3 Å². The molecule has 0 saturated heterocycles. The predicted octanol–water partition coefficient (Wildman–Crippen LogP) is 6.57. The van der Waals surface area contributed by atoms with Crippen molar-refractivity contribution in [3.63, 3.8) is 0 Å². The molecule has 1 amide bonds. The summed E-state index contributed by atoms with van der Waals surface area (Å²) in [4.78, 5) is 22.4. The zero-order valence-corrected chi connectivity index (χ0v) is 24.4. The van der Waals surface area contributed by atoms with Crippen molar-refractivity contribution in [1.29, 1.82) is 0 Å². The molecule has 12 heteroatoms. The van der Waals surface area contributed by atoms with E-state index in [1.165, 1.54) is 13.2 Å². The topological polar surface area (TPSA) is 89.7 Å². The van der Waals surface area contributed by atoms with Gasteiger partial charge in [-0.1, -0.05) is 48.2 Å². The third-order valence-corrected chi connectivity index (χ3v) is 7.30. The summed E-state index contributed by atoms with van der Waals surface area (Å²) in [5, 5.41) is 2.81. The van der Waals surface area contributed by atoms with Crippen LogP contribution < -0.4 is 19.7 Å². The van der Waals surface area contributed by atoms with Crippen LogP contribution in [0.15, 0.2) is 76.3 Å². The van der Waals surface area contributed by atoms with Gasteiger partial charge >= 0.3 is 6.18 Å². The van der Waals surface area contributed by atoms with Crippen molar-refractivity contribution in [2.45, 2.75) is 36.5 Å². The van der Waals surface area contributed by atoms with E-state index < -0.39 is 17.8 Å². The number of hydrogen-bond donors (Lipinski definition) is 1. The number of carbonyl (C=O) groups is 1. The molecule has 0 spiro atoms. The molecule has 2 heterocycles. The van der Waals surface area contributed by atoms with Crippen LogP contribution >= 0.6 is 11.8 Å². The van der Waals surface area contributed by atoms with Gasteiger partial charge in [0.15, 0.2) is 28.1 Å². The fourth-order valence-electron chi connectivity index (χ4n) is 4.07. The number of likely N-dealkylation sites (N-methyl/N-ethyl adjacent to an activating group) is 1. The lowest BCUT2D eigenvalue weighted by atomic mass is 10.1. The van der Waals surface area contributed by atoms with Crippen LogP contribution in [0.4, 0.5) is 19.0 Å². The highest BCUT2D eigenvalue weighted by molar-refractivity contribution is 7.98. The van der Waals surface area contributed by atoms with Crippen LogP contribution in [0.2, 0.25) is 0 Å². The number of carbonyl (C=O) groups excluding carboxylic acids is 1. The van der Waals surface area contributed by atoms with Crippen molar-refractivity contribution >= 4 is 23.5 Å². The number of alkyl halides is 3. The number of methoxy groups -OCH3 is 2. The SMILES string of the molecule is COc1ccc(CCN(C)c2cc(C(F)(F)F)nc(SCc3ccc(C(=O)N[C@H](C)c4ccccc4)o3)n2)cc1OC. The number of anilines is 1. The van der Waals surface area contributed by atoms with Crippen LogP contribution in [0.1, 0.15) is 46.1 Å². The first kappa shape index (κ1) is 30.8. The Hall–Kier alpha value is -4.19. The molecule has 2 aromatic heterocycles. The van der Waals surface area contributed by atoms with Crippen molar-refractivity contribution in [3.8, 4) is 11.5 Å². The number of aromatic nitrogens is 2. The van der Waals surface area contributed by atoms with Crippen LogP contribution in [0.3, 0.4) is 0 Å². The molecule has 0 bridgehead atoms. The minimum atomic E-state index is -4.65. The molecule has 1 atom stereocenters. The number of nitrogens with zero attached hydrogens (tertiary/aromatic N) is 3. The molecular weight excluding hydrogens is 569 g/mol. The first-order chi connectivity index (χ1) is 20.1. The van der Waals surface area contributed by atoms with Crippen molar-refractivity contribution in [3.05, 3.63) is 95.1 Å². The lowest BCUT2D eigenvalue weighted by Crippen LogP contribution is -2.26. The Balaban J connectivity index is 1.42. The molecule has 2 aromatic carbocycles. The maximum absolute atomic E-state index is 13.7. The number of hydrogen-bond acceptors (Lipinski definition) is 8. The Morgan fingerprint density at radius 1 is 1.02 bits per heavy atom. The van der Waals surface area contributed by atoms with E-state index in [0.717, 1.165) is 29.0 Å². The Morgan fingerprint density at radius 2 is 1.76 bits per heavy atom. The molecule has 4 rings (SSSR count). The number of rotatable bonds is 12. The molecule has 8 nitrogen and oxygen atoms in total. The molecule has 222 valence electrons. The molecular formula is C30H31F3N4O4S. The quantitative estimate of drug-likeness (QED) is 0.144. The number of benzene rings is 2. The summed E-state index contributed by atoms with van der Waals surface area (Å²) >= 11 is 0.990. The smallest absolute Gasteiger partial charge is 0.433 e. The highest BCUT2D eigenvalue weighted by Gasteiger charge is 2.34. The van der Waals surface area contributed by atoms with Gasteiger partial charge in [-0.2, -0.15) is 13.2 Å². The standard InChI is InChI=1S/C30H31F3N4O4S/c1-19(21-8-6-5-7-9-21)34-28(38)24-13-11-22(41-24)18-42-29-35-26(30(31,32)33)17-27(36-29)37(2)15-14-20-10-12-23(39-3)25(16-20)40-4/h5-13,16-17,19H,14-15,18H2,1-4H3,(H,34,38)/t19-/m1/s1. The molecule has 0 saturated carbocycles. The van der Waals surface area contributed by atoms with Gasteiger partial charge < -0.3 is 24.1 Å². The summed E-state index contributed by atoms with van der Waals surface area (Å²) in [5.41, 5.74) is 0.830. The number of nitrogens with one attached hydrogen (secondary N) is 1. The van der Waals surface area contributed by atoms with Gasteiger partial charge in [-0.05, 0) is 48.7 Å². The number of ether oxygens (including phenoxy) is 2. The second kappa shape index (κ2) is 13.6. The molecule has 0 fully saturated rings. The summed E-state index contributed by atoms with van der Waals surface area (Å²) in [7, 11) is 4.76.